The topological polar surface area (TPSA) is 121 Å². The zero-order valence-corrected chi connectivity index (χ0v) is 22.2. The summed E-state index contributed by atoms with van der Waals surface area (Å²) >= 11 is 0. The van der Waals surface area contributed by atoms with Crippen molar-refractivity contribution >= 4 is 39.3 Å². The number of nitrogens with zero attached hydrogens (tertiary/aromatic N) is 5. The Morgan fingerprint density at radius 3 is 2.51 bits per heavy atom. The minimum Gasteiger partial charge on any atom is -0.495 e. The van der Waals surface area contributed by atoms with Crippen molar-refractivity contribution in [2.45, 2.75) is 13.5 Å². The molecule has 6 rings (SSSR count). The van der Waals surface area contributed by atoms with Crippen molar-refractivity contribution in [2.24, 2.45) is 0 Å². The van der Waals surface area contributed by atoms with Crippen LogP contribution < -0.4 is 14.8 Å². The number of carbonyl (C=O) groups is 1. The number of nitrogens with one attached hydrogen (secondary N) is 1. The van der Waals surface area contributed by atoms with Crippen LogP contribution in [-0.4, -0.2) is 38.2 Å². The molecule has 0 atom stereocenters. The van der Waals surface area contributed by atoms with Gasteiger partial charge < -0.3 is 19.5 Å². The zero-order chi connectivity index (χ0) is 28.2. The largest absolute Gasteiger partial charge is 0.495 e. The number of anilines is 2. The highest BCUT2D eigenvalue weighted by molar-refractivity contribution is 6.00. The van der Waals surface area contributed by atoms with Gasteiger partial charge in [0, 0.05) is 41.7 Å². The molecule has 6 aromatic rings. The number of rotatable bonds is 8. The minimum atomic E-state index is -0.360. The van der Waals surface area contributed by atoms with Crippen LogP contribution >= 0.6 is 0 Å². The molecule has 41 heavy (non-hydrogen) atoms. The quantitative estimate of drug-likeness (QED) is 0.220. The predicted octanol–water partition coefficient (Wildman–Crippen LogP) is 6.24. The molecule has 10 nitrogen and oxygen atoms in total. The molecule has 202 valence electrons. The van der Waals surface area contributed by atoms with Gasteiger partial charge >= 0.3 is 5.97 Å². The summed E-state index contributed by atoms with van der Waals surface area (Å²) in [5.41, 5.74) is 4.04. The molecule has 0 aliphatic carbocycles. The van der Waals surface area contributed by atoms with E-state index in [0.717, 1.165) is 16.5 Å². The fourth-order valence-electron chi connectivity index (χ4n) is 4.30. The fraction of sp³-hybridized carbons (Fsp3) is 0.0968. The van der Waals surface area contributed by atoms with Crippen LogP contribution in [0.15, 0.2) is 91.3 Å². The third-order valence-corrected chi connectivity index (χ3v) is 6.26. The molecule has 0 fully saturated rings. The van der Waals surface area contributed by atoms with E-state index in [0.29, 0.717) is 51.2 Å². The van der Waals surface area contributed by atoms with Gasteiger partial charge in [0.1, 0.15) is 29.3 Å². The van der Waals surface area contributed by atoms with E-state index in [1.807, 2.05) is 66.7 Å². The number of fused-ring (bicyclic) bond motifs is 2. The highest BCUT2D eigenvalue weighted by atomic mass is 16.5. The van der Waals surface area contributed by atoms with E-state index in [2.05, 4.69) is 30.5 Å². The van der Waals surface area contributed by atoms with Gasteiger partial charge in [0.15, 0.2) is 11.6 Å². The lowest BCUT2D eigenvalue weighted by molar-refractivity contribution is -0.142. The smallest absolute Gasteiger partial charge is 0.303 e. The van der Waals surface area contributed by atoms with Gasteiger partial charge in [-0.05, 0) is 36.4 Å². The van der Waals surface area contributed by atoms with E-state index in [1.54, 1.807) is 31.6 Å². The molecule has 4 heterocycles. The number of esters is 1. The second-order valence-corrected chi connectivity index (χ2v) is 9.04. The molecular formula is C31H24N6O4. The second kappa shape index (κ2) is 11.2. The lowest BCUT2D eigenvalue weighted by Gasteiger charge is -2.12. The van der Waals surface area contributed by atoms with Gasteiger partial charge in [0.25, 0.3) is 0 Å². The number of pyridine rings is 3. The molecule has 0 saturated carbocycles. The third kappa shape index (κ3) is 5.57. The van der Waals surface area contributed by atoms with Crippen LogP contribution in [0.1, 0.15) is 12.6 Å². The van der Waals surface area contributed by atoms with Crippen LogP contribution in [-0.2, 0) is 16.1 Å². The first-order chi connectivity index (χ1) is 20.1. The Hall–Kier alpha value is -5.64. The van der Waals surface area contributed by atoms with Crippen LogP contribution in [0.2, 0.25) is 0 Å². The van der Waals surface area contributed by atoms with Crippen LogP contribution in [0.3, 0.4) is 0 Å². The molecule has 0 aliphatic rings. The lowest BCUT2D eigenvalue weighted by Crippen LogP contribution is -2.03. The highest BCUT2D eigenvalue weighted by Gasteiger charge is 2.14. The second-order valence-electron chi connectivity index (χ2n) is 9.04. The Morgan fingerprint density at radius 1 is 0.878 bits per heavy atom. The zero-order valence-electron chi connectivity index (χ0n) is 22.2. The van der Waals surface area contributed by atoms with E-state index in [1.165, 1.54) is 6.92 Å². The standard InChI is InChI=1S/C31H24N6O4/c1-19(38)40-18-21-6-5-9-26(34-21)29-24-7-3-4-8-25(24)31(37-36-29)35-20-10-12-22(13-11-20)41-28-14-15-32-27-16-23(39-2)17-33-30(27)28/h3-17H,18H2,1-2H3,(H,35,37). The lowest BCUT2D eigenvalue weighted by atomic mass is 10.1. The summed E-state index contributed by atoms with van der Waals surface area (Å²) in [6.07, 6.45) is 3.31. The molecule has 0 unspecified atom stereocenters. The third-order valence-electron chi connectivity index (χ3n) is 6.26. The monoisotopic (exact) mass is 544 g/mol. The van der Waals surface area contributed by atoms with Gasteiger partial charge in [-0.2, -0.15) is 0 Å². The van der Waals surface area contributed by atoms with Crippen molar-refractivity contribution in [3.8, 4) is 28.6 Å². The van der Waals surface area contributed by atoms with Crippen LogP contribution in [0, 0.1) is 0 Å². The van der Waals surface area contributed by atoms with Crippen LogP contribution in [0.5, 0.6) is 17.2 Å². The summed E-state index contributed by atoms with van der Waals surface area (Å²) in [5, 5.41) is 14.1. The van der Waals surface area contributed by atoms with E-state index in [-0.39, 0.29) is 12.6 Å². The van der Waals surface area contributed by atoms with Crippen molar-refractivity contribution in [3.63, 3.8) is 0 Å². The maximum atomic E-state index is 11.2. The SMILES string of the molecule is COc1cnc2c(Oc3ccc(Nc4nnc(-c5cccc(COC(C)=O)n5)c5ccccc45)cc3)ccnc2c1. The van der Waals surface area contributed by atoms with E-state index in [9.17, 15) is 4.79 Å². The molecule has 0 bridgehead atoms. The van der Waals surface area contributed by atoms with Crippen molar-refractivity contribution in [3.05, 3.63) is 97.0 Å². The number of hydrogen-bond acceptors (Lipinski definition) is 10. The first-order valence-corrected chi connectivity index (χ1v) is 12.8. The summed E-state index contributed by atoms with van der Waals surface area (Å²) in [6, 6.07) is 24.5. The van der Waals surface area contributed by atoms with Crippen LogP contribution in [0.4, 0.5) is 11.5 Å². The van der Waals surface area contributed by atoms with Gasteiger partial charge in [0.2, 0.25) is 0 Å². The first kappa shape index (κ1) is 25.6. The minimum absolute atomic E-state index is 0.0938. The Bertz CT molecular complexity index is 1880. The van der Waals surface area contributed by atoms with Crippen molar-refractivity contribution in [1.82, 2.24) is 25.1 Å². The summed E-state index contributed by atoms with van der Waals surface area (Å²) in [7, 11) is 1.59. The first-order valence-electron chi connectivity index (χ1n) is 12.8. The fourth-order valence-corrected chi connectivity index (χ4v) is 4.30. The number of benzene rings is 2. The number of hydrogen-bond donors (Lipinski definition) is 1. The van der Waals surface area contributed by atoms with Gasteiger partial charge in [-0.25, -0.2) is 9.97 Å². The predicted molar refractivity (Wildman–Crippen MR) is 154 cm³/mol. The molecule has 1 N–H and O–H groups in total. The van der Waals surface area contributed by atoms with E-state index < -0.39 is 0 Å². The number of methoxy groups -OCH3 is 1. The Labute approximate surface area is 235 Å². The molecule has 0 radical (unpaired) electrons. The molecule has 4 aromatic heterocycles. The average molecular weight is 545 g/mol. The van der Waals surface area contributed by atoms with E-state index >= 15 is 0 Å². The Morgan fingerprint density at radius 2 is 1.71 bits per heavy atom. The Kier molecular flexibility index (Phi) is 7.02. The molecule has 0 spiro atoms. The maximum absolute atomic E-state index is 11.2. The number of ether oxygens (including phenoxy) is 3. The summed E-state index contributed by atoms with van der Waals surface area (Å²) in [5.74, 6) is 2.11. The summed E-state index contributed by atoms with van der Waals surface area (Å²) in [4.78, 5) is 24.6. The normalized spacial score (nSPS) is 10.9. The van der Waals surface area contributed by atoms with Gasteiger partial charge in [-0.15, -0.1) is 10.2 Å². The average Bonchev–Trinajstić information content (AvgIpc) is 3.01. The molecule has 2 aromatic carbocycles. The van der Waals surface area contributed by atoms with Crippen molar-refractivity contribution in [1.29, 1.82) is 0 Å². The van der Waals surface area contributed by atoms with Crippen LogP contribution in [0.25, 0.3) is 33.2 Å². The van der Waals surface area contributed by atoms with Gasteiger partial charge in [0.05, 0.1) is 30.2 Å². The molecule has 0 aliphatic heterocycles. The Balaban J connectivity index is 1.24. The summed E-state index contributed by atoms with van der Waals surface area (Å²) in [6.45, 7) is 1.46. The molecule has 0 saturated heterocycles. The summed E-state index contributed by atoms with van der Waals surface area (Å²) < 4.78 is 16.4. The maximum Gasteiger partial charge on any atom is 0.303 e. The molecule has 10 heteroatoms. The number of carbonyl (C=O) groups excluding carboxylic acids is 1. The highest BCUT2D eigenvalue weighted by Crippen LogP contribution is 2.32. The molecule has 0 amide bonds. The van der Waals surface area contributed by atoms with Gasteiger partial charge in [-0.1, -0.05) is 30.3 Å². The van der Waals surface area contributed by atoms with E-state index in [4.69, 9.17) is 14.2 Å². The molecular weight excluding hydrogens is 520 g/mol. The van der Waals surface area contributed by atoms with Crippen molar-refractivity contribution < 1.29 is 19.0 Å². The number of aromatic nitrogens is 5. The van der Waals surface area contributed by atoms with Gasteiger partial charge in [-0.3, -0.25) is 9.78 Å². The van der Waals surface area contributed by atoms with Crippen molar-refractivity contribution in [2.75, 3.05) is 12.4 Å².